The molecule has 3 heteroatoms. The van der Waals surface area contributed by atoms with Crippen molar-refractivity contribution < 1.29 is 9.53 Å². The van der Waals surface area contributed by atoms with Gasteiger partial charge in [0.15, 0.2) is 5.78 Å². The smallest absolute Gasteiger partial charge is 0.199 e. The summed E-state index contributed by atoms with van der Waals surface area (Å²) in [7, 11) is 1.88. The average molecular weight is 335 g/mol. The molecule has 3 rings (SSSR count). The summed E-state index contributed by atoms with van der Waals surface area (Å²) in [5.74, 6) is 0.652. The Bertz CT molecular complexity index is 848. The highest BCUT2D eigenvalue weighted by Gasteiger charge is 2.28. The number of hydrogen-bond acceptors (Lipinski definition) is 3. The maximum absolute atomic E-state index is 13.5. The second kappa shape index (κ2) is 7.56. The Balaban J connectivity index is 2.14. The average Bonchev–Trinajstić information content (AvgIpc) is 2.76. The number of ether oxygens (including phenoxy) is 1. The Kier molecular flexibility index (Phi) is 5.22. The van der Waals surface area contributed by atoms with Gasteiger partial charge in [0.05, 0.1) is 5.56 Å². The first-order valence-electron chi connectivity index (χ1n) is 8.95. The maximum atomic E-state index is 13.5. The quantitative estimate of drug-likeness (QED) is 0.615. The first-order valence-corrected chi connectivity index (χ1v) is 8.95. The van der Waals surface area contributed by atoms with Crippen LogP contribution in [0.2, 0.25) is 0 Å². The predicted octanol–water partition coefficient (Wildman–Crippen LogP) is 5.02. The van der Waals surface area contributed by atoms with Crippen LogP contribution in [-0.2, 0) is 0 Å². The number of ketones is 1. The SMILES string of the molecule is C=C1COc2ccc3ccccc3c2C(=O)/C1=C(\CCCCC)NC. The number of nitrogens with one attached hydrogen (secondary N) is 1. The molecule has 0 bridgehead atoms. The molecule has 2 aromatic carbocycles. The summed E-state index contributed by atoms with van der Waals surface area (Å²) >= 11 is 0. The van der Waals surface area contributed by atoms with E-state index in [1.54, 1.807) is 0 Å². The summed E-state index contributed by atoms with van der Waals surface area (Å²) < 4.78 is 5.91. The molecule has 1 aliphatic heterocycles. The van der Waals surface area contributed by atoms with Gasteiger partial charge in [-0.3, -0.25) is 4.79 Å². The van der Waals surface area contributed by atoms with Gasteiger partial charge in [-0.15, -0.1) is 0 Å². The van der Waals surface area contributed by atoms with Crippen molar-refractivity contribution in [3.8, 4) is 5.75 Å². The molecule has 2 aromatic rings. The number of Topliss-reactive ketones (excluding diaryl/α,β-unsaturated/α-hetero) is 1. The van der Waals surface area contributed by atoms with Crippen molar-refractivity contribution in [2.24, 2.45) is 0 Å². The summed E-state index contributed by atoms with van der Waals surface area (Å²) in [5.41, 5.74) is 3.04. The molecule has 0 saturated carbocycles. The van der Waals surface area contributed by atoms with Crippen molar-refractivity contribution in [3.63, 3.8) is 0 Å². The lowest BCUT2D eigenvalue weighted by atomic mass is 9.91. The summed E-state index contributed by atoms with van der Waals surface area (Å²) in [6, 6.07) is 11.8. The Morgan fingerprint density at radius 3 is 2.76 bits per heavy atom. The van der Waals surface area contributed by atoms with Crippen LogP contribution >= 0.6 is 0 Å². The second-order valence-corrected chi connectivity index (χ2v) is 6.44. The number of hydrogen-bond donors (Lipinski definition) is 1. The lowest BCUT2D eigenvalue weighted by Crippen LogP contribution is -2.17. The number of unbranched alkanes of at least 4 members (excludes halogenated alkanes) is 2. The Morgan fingerprint density at radius 1 is 1.20 bits per heavy atom. The molecule has 1 heterocycles. The van der Waals surface area contributed by atoms with Crippen molar-refractivity contribution in [2.75, 3.05) is 13.7 Å². The first-order chi connectivity index (χ1) is 12.2. The molecule has 0 amide bonds. The van der Waals surface area contributed by atoms with Crippen LogP contribution in [0, 0.1) is 0 Å². The summed E-state index contributed by atoms with van der Waals surface area (Å²) in [4.78, 5) is 13.5. The van der Waals surface area contributed by atoms with E-state index in [1.807, 2.05) is 43.4 Å². The molecule has 25 heavy (non-hydrogen) atoms. The lowest BCUT2D eigenvalue weighted by molar-refractivity contribution is 0.103. The third kappa shape index (κ3) is 3.32. The van der Waals surface area contributed by atoms with E-state index in [0.717, 1.165) is 47.7 Å². The van der Waals surface area contributed by atoms with Gasteiger partial charge in [-0.25, -0.2) is 0 Å². The molecule has 3 nitrogen and oxygen atoms in total. The van der Waals surface area contributed by atoms with Crippen LogP contribution in [0.3, 0.4) is 0 Å². The fourth-order valence-electron chi connectivity index (χ4n) is 3.41. The molecule has 0 unspecified atom stereocenters. The van der Waals surface area contributed by atoms with Gasteiger partial charge < -0.3 is 10.1 Å². The van der Waals surface area contributed by atoms with E-state index in [1.165, 1.54) is 0 Å². The highest BCUT2D eigenvalue weighted by molar-refractivity contribution is 6.20. The first kappa shape index (κ1) is 17.3. The predicted molar refractivity (Wildman–Crippen MR) is 103 cm³/mol. The van der Waals surface area contributed by atoms with Gasteiger partial charge in [0.1, 0.15) is 12.4 Å². The molecule has 0 fully saturated rings. The monoisotopic (exact) mass is 335 g/mol. The topological polar surface area (TPSA) is 38.3 Å². The van der Waals surface area contributed by atoms with Crippen LogP contribution in [0.1, 0.15) is 43.0 Å². The summed E-state index contributed by atoms with van der Waals surface area (Å²) in [5, 5.41) is 5.22. The highest BCUT2D eigenvalue weighted by atomic mass is 16.5. The molecule has 0 saturated heterocycles. The van der Waals surface area contributed by atoms with Gasteiger partial charge in [-0.05, 0) is 35.3 Å². The van der Waals surface area contributed by atoms with Crippen molar-refractivity contribution in [1.29, 1.82) is 0 Å². The third-order valence-corrected chi connectivity index (χ3v) is 4.73. The number of allylic oxidation sites excluding steroid dienone is 1. The van der Waals surface area contributed by atoms with E-state index in [-0.39, 0.29) is 5.78 Å². The van der Waals surface area contributed by atoms with E-state index in [9.17, 15) is 4.79 Å². The van der Waals surface area contributed by atoms with E-state index < -0.39 is 0 Å². The minimum Gasteiger partial charge on any atom is -0.488 e. The van der Waals surface area contributed by atoms with E-state index in [0.29, 0.717) is 23.5 Å². The third-order valence-electron chi connectivity index (χ3n) is 4.73. The lowest BCUT2D eigenvalue weighted by Gasteiger charge is -2.14. The van der Waals surface area contributed by atoms with Gasteiger partial charge in [0, 0.05) is 18.3 Å². The molecule has 0 spiro atoms. The van der Waals surface area contributed by atoms with E-state index >= 15 is 0 Å². The van der Waals surface area contributed by atoms with Gasteiger partial charge in [0.2, 0.25) is 0 Å². The zero-order valence-electron chi connectivity index (χ0n) is 15.0. The van der Waals surface area contributed by atoms with E-state index in [4.69, 9.17) is 4.74 Å². The van der Waals surface area contributed by atoms with Gasteiger partial charge in [-0.2, -0.15) is 0 Å². The fourth-order valence-corrected chi connectivity index (χ4v) is 3.41. The molecule has 0 radical (unpaired) electrons. The minimum atomic E-state index is 0.00940. The largest absolute Gasteiger partial charge is 0.488 e. The van der Waals surface area contributed by atoms with Crippen LogP contribution in [0.5, 0.6) is 5.75 Å². The zero-order chi connectivity index (χ0) is 17.8. The molecule has 1 N–H and O–H groups in total. The van der Waals surface area contributed by atoms with Crippen LogP contribution in [-0.4, -0.2) is 19.4 Å². The summed E-state index contributed by atoms with van der Waals surface area (Å²) in [6.07, 6.45) is 4.21. The van der Waals surface area contributed by atoms with Crippen molar-refractivity contribution in [2.45, 2.75) is 32.6 Å². The Hall–Kier alpha value is -2.55. The molecular weight excluding hydrogens is 310 g/mol. The number of rotatable bonds is 5. The molecule has 130 valence electrons. The van der Waals surface area contributed by atoms with Crippen molar-refractivity contribution in [3.05, 3.63) is 65.4 Å². The second-order valence-electron chi connectivity index (χ2n) is 6.44. The molecule has 1 aliphatic rings. The van der Waals surface area contributed by atoms with Crippen LogP contribution in [0.4, 0.5) is 0 Å². The molecule has 0 atom stereocenters. The number of fused-ring (bicyclic) bond motifs is 3. The number of carbonyl (C=O) groups excluding carboxylic acids is 1. The fraction of sp³-hybridized carbons (Fsp3) is 0.318. The van der Waals surface area contributed by atoms with Crippen LogP contribution < -0.4 is 10.1 Å². The normalized spacial score (nSPS) is 16.2. The van der Waals surface area contributed by atoms with Crippen molar-refractivity contribution >= 4 is 16.6 Å². The van der Waals surface area contributed by atoms with Crippen LogP contribution in [0.15, 0.2) is 59.8 Å². The summed E-state index contributed by atoms with van der Waals surface area (Å²) in [6.45, 7) is 6.64. The van der Waals surface area contributed by atoms with Crippen LogP contribution in [0.25, 0.3) is 10.8 Å². The molecular formula is C22H25NO2. The maximum Gasteiger partial charge on any atom is 0.199 e. The van der Waals surface area contributed by atoms with Gasteiger partial charge in [0.25, 0.3) is 0 Å². The van der Waals surface area contributed by atoms with Gasteiger partial charge in [-0.1, -0.05) is 56.7 Å². The van der Waals surface area contributed by atoms with E-state index in [2.05, 4.69) is 18.8 Å². The molecule has 0 aromatic heterocycles. The standard InChI is InChI=1S/C22H25NO2/c1-4-5-6-11-18(23-3)20-15(2)14-25-19-13-12-16-9-7-8-10-17(16)21(19)22(20)24/h7-10,12-13,23H,2,4-6,11,14H2,1,3H3/b20-18+. The highest BCUT2D eigenvalue weighted by Crippen LogP contribution is 2.35. The number of benzene rings is 2. The number of carbonyl (C=O) groups is 1. The zero-order valence-corrected chi connectivity index (χ0v) is 15.0. The Labute approximate surface area is 149 Å². The minimum absolute atomic E-state index is 0.00940. The van der Waals surface area contributed by atoms with Gasteiger partial charge >= 0.3 is 0 Å². The van der Waals surface area contributed by atoms with Crippen molar-refractivity contribution in [1.82, 2.24) is 5.32 Å². The molecule has 0 aliphatic carbocycles. The Morgan fingerprint density at radius 2 is 2.00 bits per heavy atom.